The lowest BCUT2D eigenvalue weighted by Crippen LogP contribution is -2.31. The van der Waals surface area contributed by atoms with Gasteiger partial charge in [0.2, 0.25) is 0 Å². The fraction of sp³-hybridized carbons (Fsp3) is 0.250. The van der Waals surface area contributed by atoms with Crippen LogP contribution in [-0.2, 0) is 6.42 Å². The summed E-state index contributed by atoms with van der Waals surface area (Å²) in [6.07, 6.45) is 6.10. The molecular formula is C24H25N5O. The fourth-order valence-electron chi connectivity index (χ4n) is 4.25. The summed E-state index contributed by atoms with van der Waals surface area (Å²) < 4.78 is 0. The van der Waals surface area contributed by atoms with Crippen LogP contribution >= 0.6 is 0 Å². The van der Waals surface area contributed by atoms with Gasteiger partial charge in [0, 0.05) is 17.6 Å². The molecule has 0 bridgehead atoms. The van der Waals surface area contributed by atoms with Crippen LogP contribution in [0, 0.1) is 0 Å². The molecule has 0 saturated heterocycles. The Morgan fingerprint density at radius 3 is 2.90 bits per heavy atom. The normalized spacial score (nSPS) is 16.7. The Morgan fingerprint density at radius 1 is 1.17 bits per heavy atom. The number of fused-ring (bicyclic) bond motifs is 1. The fourth-order valence-corrected chi connectivity index (χ4v) is 4.25. The van der Waals surface area contributed by atoms with Crippen molar-refractivity contribution >= 4 is 16.5 Å². The second-order valence-corrected chi connectivity index (χ2v) is 7.79. The molecule has 4 aromatic rings. The minimum Gasteiger partial charge on any atom is -0.508 e. The number of nitrogens with zero attached hydrogens (tertiary/aromatic N) is 2. The van der Waals surface area contributed by atoms with E-state index in [1.807, 2.05) is 18.3 Å². The molecule has 0 fully saturated rings. The van der Waals surface area contributed by atoms with E-state index in [1.165, 1.54) is 5.57 Å². The summed E-state index contributed by atoms with van der Waals surface area (Å²) in [6.45, 7) is 5.27. The van der Waals surface area contributed by atoms with Crippen LogP contribution in [0.4, 0.5) is 0 Å². The molecule has 0 spiro atoms. The first-order chi connectivity index (χ1) is 14.6. The zero-order valence-corrected chi connectivity index (χ0v) is 17.2. The van der Waals surface area contributed by atoms with E-state index in [-0.39, 0.29) is 0 Å². The number of hydrogen-bond donors (Lipinski definition) is 4. The molecule has 1 unspecified atom stereocenters. The monoisotopic (exact) mass is 399 g/mol. The highest BCUT2D eigenvalue weighted by Crippen LogP contribution is 2.32. The van der Waals surface area contributed by atoms with Crippen molar-refractivity contribution in [3.8, 4) is 28.4 Å². The number of H-pyrrole nitrogens is 2. The SMILES string of the molecule is CCc1cc(O)ccc1-c1ccc2c(-c3nc(C4=CCCNC4C)c[nH]3)n[nH]c2c1. The molecule has 30 heavy (non-hydrogen) atoms. The number of nitrogens with one attached hydrogen (secondary N) is 3. The van der Waals surface area contributed by atoms with Crippen molar-refractivity contribution in [2.75, 3.05) is 6.54 Å². The van der Waals surface area contributed by atoms with Crippen molar-refractivity contribution in [1.29, 1.82) is 0 Å². The molecule has 3 heterocycles. The second-order valence-electron chi connectivity index (χ2n) is 7.79. The van der Waals surface area contributed by atoms with E-state index in [0.717, 1.165) is 64.2 Å². The van der Waals surface area contributed by atoms with Gasteiger partial charge >= 0.3 is 0 Å². The molecule has 2 aromatic heterocycles. The quantitative estimate of drug-likeness (QED) is 0.402. The number of imidazole rings is 1. The summed E-state index contributed by atoms with van der Waals surface area (Å²) in [5, 5.41) is 22.0. The van der Waals surface area contributed by atoms with Crippen molar-refractivity contribution in [3.63, 3.8) is 0 Å². The molecule has 5 rings (SSSR count). The third-order valence-corrected chi connectivity index (χ3v) is 5.87. The number of hydrogen-bond acceptors (Lipinski definition) is 4. The van der Waals surface area contributed by atoms with Crippen molar-refractivity contribution in [1.82, 2.24) is 25.5 Å². The van der Waals surface area contributed by atoms with E-state index in [2.05, 4.69) is 58.6 Å². The standard InChI is InChI=1S/C24H25N5O/c1-3-15-11-17(30)7-9-19(15)16-6-8-20-21(12-16)28-29-23(20)24-26-13-22(27-24)18-5-4-10-25-14(18)2/h5-9,11-14,25,30H,3-4,10H2,1-2H3,(H,26,27)(H,28,29). The van der Waals surface area contributed by atoms with E-state index >= 15 is 0 Å². The average Bonchev–Trinajstić information content (AvgIpc) is 3.40. The van der Waals surface area contributed by atoms with Crippen molar-refractivity contribution < 1.29 is 5.11 Å². The molecule has 152 valence electrons. The summed E-state index contributed by atoms with van der Waals surface area (Å²) in [5.74, 6) is 1.06. The topological polar surface area (TPSA) is 89.6 Å². The molecule has 1 aliphatic rings. The summed E-state index contributed by atoms with van der Waals surface area (Å²) in [4.78, 5) is 8.12. The first-order valence-corrected chi connectivity index (χ1v) is 10.4. The van der Waals surface area contributed by atoms with Crippen molar-refractivity contribution in [3.05, 3.63) is 59.9 Å². The number of aromatic amines is 2. The zero-order chi connectivity index (χ0) is 20.7. The molecule has 0 radical (unpaired) electrons. The molecule has 6 nitrogen and oxygen atoms in total. The third-order valence-electron chi connectivity index (χ3n) is 5.87. The van der Waals surface area contributed by atoms with Crippen LogP contribution in [-0.4, -0.2) is 37.9 Å². The summed E-state index contributed by atoms with van der Waals surface area (Å²) in [7, 11) is 0. The highest BCUT2D eigenvalue weighted by atomic mass is 16.3. The molecule has 0 saturated carbocycles. The maximum Gasteiger partial charge on any atom is 0.159 e. The van der Waals surface area contributed by atoms with Gasteiger partial charge in [-0.1, -0.05) is 25.1 Å². The predicted molar refractivity (Wildman–Crippen MR) is 120 cm³/mol. The number of aromatic hydroxyl groups is 1. The summed E-state index contributed by atoms with van der Waals surface area (Å²) in [6, 6.07) is 12.1. The third kappa shape index (κ3) is 3.19. The van der Waals surface area contributed by atoms with Gasteiger partial charge in [0.15, 0.2) is 5.82 Å². The Balaban J connectivity index is 1.52. The van der Waals surface area contributed by atoms with Crippen LogP contribution in [0.3, 0.4) is 0 Å². The average molecular weight is 399 g/mol. The molecule has 1 aliphatic heterocycles. The van der Waals surface area contributed by atoms with Gasteiger partial charge in [-0.3, -0.25) is 5.10 Å². The highest BCUT2D eigenvalue weighted by Gasteiger charge is 2.19. The van der Waals surface area contributed by atoms with E-state index in [9.17, 15) is 5.11 Å². The number of phenols is 1. The zero-order valence-electron chi connectivity index (χ0n) is 17.2. The Bertz CT molecular complexity index is 1250. The number of benzene rings is 2. The predicted octanol–water partition coefficient (Wildman–Crippen LogP) is 4.65. The van der Waals surface area contributed by atoms with Crippen LogP contribution in [0.5, 0.6) is 5.75 Å². The molecule has 0 amide bonds. The van der Waals surface area contributed by atoms with E-state index < -0.39 is 0 Å². The maximum atomic E-state index is 9.79. The van der Waals surface area contributed by atoms with Crippen molar-refractivity contribution in [2.45, 2.75) is 32.7 Å². The van der Waals surface area contributed by atoms with Gasteiger partial charge in [-0.2, -0.15) is 5.10 Å². The van der Waals surface area contributed by atoms with E-state index in [0.29, 0.717) is 11.8 Å². The van der Waals surface area contributed by atoms with Gasteiger partial charge in [-0.25, -0.2) is 4.98 Å². The van der Waals surface area contributed by atoms with Crippen molar-refractivity contribution in [2.24, 2.45) is 0 Å². The Morgan fingerprint density at radius 2 is 2.07 bits per heavy atom. The first-order valence-electron chi connectivity index (χ1n) is 10.4. The van der Waals surface area contributed by atoms with Crippen LogP contribution < -0.4 is 5.32 Å². The Labute approximate surface area is 175 Å². The smallest absolute Gasteiger partial charge is 0.159 e. The Hall–Kier alpha value is -3.38. The van der Waals surface area contributed by atoms with Gasteiger partial charge in [-0.15, -0.1) is 0 Å². The van der Waals surface area contributed by atoms with Gasteiger partial charge < -0.3 is 15.4 Å². The number of rotatable bonds is 4. The molecule has 1 atom stereocenters. The number of phenolic OH excluding ortho intramolecular Hbond substituents is 1. The highest BCUT2D eigenvalue weighted by molar-refractivity contribution is 5.94. The first kappa shape index (κ1) is 18.6. The lowest BCUT2D eigenvalue weighted by atomic mass is 9.97. The maximum absolute atomic E-state index is 9.79. The molecular weight excluding hydrogens is 374 g/mol. The van der Waals surface area contributed by atoms with Crippen LogP contribution in [0.2, 0.25) is 0 Å². The number of aryl methyl sites for hydroxylation is 1. The van der Waals surface area contributed by atoms with E-state index in [4.69, 9.17) is 4.98 Å². The van der Waals surface area contributed by atoms with Crippen LogP contribution in [0.25, 0.3) is 39.1 Å². The minimum atomic E-state index is 0.298. The van der Waals surface area contributed by atoms with Gasteiger partial charge in [0.25, 0.3) is 0 Å². The largest absolute Gasteiger partial charge is 0.508 e. The lowest BCUT2D eigenvalue weighted by Gasteiger charge is -2.20. The second kappa shape index (κ2) is 7.46. The summed E-state index contributed by atoms with van der Waals surface area (Å²) in [5.41, 5.74) is 7.32. The van der Waals surface area contributed by atoms with Gasteiger partial charge in [-0.05, 0) is 72.8 Å². The Kier molecular flexibility index (Phi) is 4.64. The van der Waals surface area contributed by atoms with Crippen LogP contribution in [0.1, 0.15) is 31.5 Å². The number of aromatic nitrogens is 4. The van der Waals surface area contributed by atoms with Crippen LogP contribution in [0.15, 0.2) is 48.7 Å². The van der Waals surface area contributed by atoms with E-state index in [1.54, 1.807) is 6.07 Å². The molecule has 4 N–H and O–H groups in total. The molecule has 0 aliphatic carbocycles. The van der Waals surface area contributed by atoms with Gasteiger partial charge in [0.05, 0.1) is 11.2 Å². The van der Waals surface area contributed by atoms with Gasteiger partial charge in [0.1, 0.15) is 11.4 Å². The molecule has 6 heteroatoms. The molecule has 2 aromatic carbocycles. The lowest BCUT2D eigenvalue weighted by molar-refractivity contribution is 0.474. The summed E-state index contributed by atoms with van der Waals surface area (Å²) >= 11 is 0. The minimum absolute atomic E-state index is 0.298.